The van der Waals surface area contributed by atoms with Crippen LogP contribution in [0, 0.1) is 5.82 Å². The Balaban J connectivity index is 1.76. The van der Waals surface area contributed by atoms with Crippen molar-refractivity contribution < 1.29 is 9.18 Å². The van der Waals surface area contributed by atoms with Gasteiger partial charge in [0, 0.05) is 19.6 Å². The molecule has 0 bridgehead atoms. The number of halogens is 1. The summed E-state index contributed by atoms with van der Waals surface area (Å²) in [4.78, 5) is 14.2. The quantitative estimate of drug-likeness (QED) is 0.585. The summed E-state index contributed by atoms with van der Waals surface area (Å²) in [6.45, 7) is 5.87. The van der Waals surface area contributed by atoms with Crippen LogP contribution in [-0.2, 0) is 11.3 Å². The van der Waals surface area contributed by atoms with Crippen molar-refractivity contribution in [2.75, 3.05) is 18.8 Å². The third kappa shape index (κ3) is 4.10. The van der Waals surface area contributed by atoms with Gasteiger partial charge >= 0.3 is 0 Å². The van der Waals surface area contributed by atoms with Gasteiger partial charge in [-0.3, -0.25) is 9.36 Å². The summed E-state index contributed by atoms with van der Waals surface area (Å²) in [6, 6.07) is 6.47. The fourth-order valence-corrected chi connectivity index (χ4v) is 3.74. The van der Waals surface area contributed by atoms with E-state index < -0.39 is 0 Å². The number of carbonyl (C=O) groups is 1. The molecule has 1 fully saturated rings. The van der Waals surface area contributed by atoms with Crippen LogP contribution < -0.4 is 0 Å². The van der Waals surface area contributed by atoms with Crippen LogP contribution in [0.25, 0.3) is 11.4 Å². The van der Waals surface area contributed by atoms with Gasteiger partial charge in [-0.2, -0.15) is 0 Å². The molecule has 1 aromatic carbocycles. The van der Waals surface area contributed by atoms with Crippen molar-refractivity contribution in [2.45, 2.75) is 31.0 Å². The predicted molar refractivity (Wildman–Crippen MR) is 96.8 cm³/mol. The molecule has 0 N–H and O–H groups in total. The number of aromatic nitrogens is 3. The molecule has 0 unspecified atom stereocenters. The third-order valence-corrected chi connectivity index (χ3v) is 5.13. The molecule has 1 aliphatic rings. The summed E-state index contributed by atoms with van der Waals surface area (Å²) < 4.78 is 15.9. The van der Waals surface area contributed by atoms with E-state index in [1.54, 1.807) is 28.8 Å². The monoisotopic (exact) mass is 360 g/mol. The first-order valence-electron chi connectivity index (χ1n) is 8.40. The Morgan fingerprint density at radius 1 is 1.24 bits per heavy atom. The lowest BCUT2D eigenvalue weighted by molar-refractivity contribution is -0.129. The van der Waals surface area contributed by atoms with E-state index >= 15 is 0 Å². The highest BCUT2D eigenvalue weighted by Crippen LogP contribution is 2.26. The summed E-state index contributed by atoms with van der Waals surface area (Å²) in [7, 11) is 0. The van der Waals surface area contributed by atoms with E-state index in [-0.39, 0.29) is 11.7 Å². The molecule has 2 aromatic rings. The van der Waals surface area contributed by atoms with Crippen LogP contribution in [0.3, 0.4) is 0 Å². The Hall–Kier alpha value is -2.15. The highest BCUT2D eigenvalue weighted by Gasteiger charge is 2.20. The number of allylic oxidation sites excluding steroid dienone is 1. The van der Waals surface area contributed by atoms with E-state index in [1.165, 1.54) is 24.2 Å². The van der Waals surface area contributed by atoms with Gasteiger partial charge in [0.1, 0.15) is 5.82 Å². The van der Waals surface area contributed by atoms with Crippen molar-refractivity contribution in [3.05, 3.63) is 42.7 Å². The Morgan fingerprint density at radius 3 is 2.72 bits per heavy atom. The molecule has 0 atom stereocenters. The molecule has 2 heterocycles. The number of hydrogen-bond acceptors (Lipinski definition) is 4. The van der Waals surface area contributed by atoms with Crippen molar-refractivity contribution in [2.24, 2.45) is 0 Å². The summed E-state index contributed by atoms with van der Waals surface area (Å²) in [5.41, 5.74) is 0.394. The maximum atomic E-state index is 14.1. The molecular formula is C18H21FN4OS. The molecule has 1 aliphatic heterocycles. The van der Waals surface area contributed by atoms with Crippen molar-refractivity contribution in [3.63, 3.8) is 0 Å². The zero-order valence-electron chi connectivity index (χ0n) is 14.0. The zero-order chi connectivity index (χ0) is 17.6. The number of amides is 1. The smallest absolute Gasteiger partial charge is 0.233 e. The summed E-state index contributed by atoms with van der Waals surface area (Å²) in [6.07, 6.45) is 5.04. The number of benzene rings is 1. The second-order valence-electron chi connectivity index (χ2n) is 5.92. The first-order chi connectivity index (χ1) is 12.2. The number of likely N-dealkylation sites (tertiary alicyclic amines) is 1. The van der Waals surface area contributed by atoms with Crippen LogP contribution in [0.1, 0.15) is 19.3 Å². The molecule has 0 saturated carbocycles. The number of hydrogen-bond donors (Lipinski definition) is 0. The van der Waals surface area contributed by atoms with Gasteiger partial charge in [0.2, 0.25) is 5.91 Å². The Morgan fingerprint density at radius 2 is 2.00 bits per heavy atom. The first kappa shape index (κ1) is 17.7. The molecule has 7 heteroatoms. The van der Waals surface area contributed by atoms with Crippen LogP contribution >= 0.6 is 11.8 Å². The predicted octanol–water partition coefficient (Wildman–Crippen LogP) is 3.37. The van der Waals surface area contributed by atoms with Gasteiger partial charge in [-0.25, -0.2) is 4.39 Å². The lowest BCUT2D eigenvalue weighted by atomic mass is 10.1. The largest absolute Gasteiger partial charge is 0.342 e. The highest BCUT2D eigenvalue weighted by atomic mass is 32.2. The SMILES string of the molecule is C=CCn1c(SCC(=O)N2CCCCC2)nnc1-c1ccccc1F. The molecule has 0 spiro atoms. The molecule has 5 nitrogen and oxygen atoms in total. The van der Waals surface area contributed by atoms with Crippen LogP contribution in [0.4, 0.5) is 4.39 Å². The topological polar surface area (TPSA) is 51.0 Å². The standard InChI is InChI=1S/C18H21FN4OS/c1-2-10-23-17(14-8-4-5-9-15(14)19)20-21-18(23)25-13-16(24)22-11-6-3-7-12-22/h2,4-5,8-9H,1,3,6-7,10-13H2. The molecule has 0 radical (unpaired) electrons. The van der Waals surface area contributed by atoms with Gasteiger partial charge in [-0.1, -0.05) is 30.0 Å². The fourth-order valence-electron chi connectivity index (χ4n) is 2.89. The van der Waals surface area contributed by atoms with Gasteiger partial charge in [0.25, 0.3) is 0 Å². The molecule has 1 amide bonds. The number of carbonyl (C=O) groups excluding carboxylic acids is 1. The van der Waals surface area contributed by atoms with E-state index in [4.69, 9.17) is 0 Å². The molecule has 0 aliphatic carbocycles. The molecule has 1 aromatic heterocycles. The van der Waals surface area contributed by atoms with E-state index in [1.807, 2.05) is 4.90 Å². The zero-order valence-corrected chi connectivity index (χ0v) is 14.8. The van der Waals surface area contributed by atoms with Gasteiger partial charge in [-0.05, 0) is 31.4 Å². The number of piperidine rings is 1. The summed E-state index contributed by atoms with van der Waals surface area (Å²) in [5, 5.41) is 8.90. The maximum Gasteiger partial charge on any atom is 0.233 e. The first-order valence-corrected chi connectivity index (χ1v) is 9.39. The Kier molecular flexibility index (Phi) is 5.86. The van der Waals surface area contributed by atoms with Crippen molar-refractivity contribution in [1.82, 2.24) is 19.7 Å². The Bertz CT molecular complexity index is 755. The third-order valence-electron chi connectivity index (χ3n) is 4.18. The van der Waals surface area contributed by atoms with E-state index in [0.29, 0.717) is 28.8 Å². The van der Waals surface area contributed by atoms with E-state index in [2.05, 4.69) is 16.8 Å². The van der Waals surface area contributed by atoms with Gasteiger partial charge in [-0.15, -0.1) is 16.8 Å². The number of thioether (sulfide) groups is 1. The highest BCUT2D eigenvalue weighted by molar-refractivity contribution is 7.99. The van der Waals surface area contributed by atoms with Crippen LogP contribution in [0.15, 0.2) is 42.1 Å². The fraction of sp³-hybridized carbons (Fsp3) is 0.389. The second-order valence-corrected chi connectivity index (χ2v) is 6.86. The lowest BCUT2D eigenvalue weighted by Gasteiger charge is -2.26. The van der Waals surface area contributed by atoms with Crippen LogP contribution in [0.2, 0.25) is 0 Å². The molecule has 1 saturated heterocycles. The number of rotatable bonds is 6. The van der Waals surface area contributed by atoms with Crippen LogP contribution in [0.5, 0.6) is 0 Å². The maximum absolute atomic E-state index is 14.1. The normalized spacial score (nSPS) is 14.5. The minimum atomic E-state index is -0.346. The van der Waals surface area contributed by atoms with Crippen LogP contribution in [-0.4, -0.2) is 44.4 Å². The van der Waals surface area contributed by atoms with Crippen molar-refractivity contribution in [3.8, 4) is 11.4 Å². The average molecular weight is 360 g/mol. The summed E-state index contributed by atoms with van der Waals surface area (Å²) >= 11 is 1.34. The second kappa shape index (κ2) is 8.29. The van der Waals surface area contributed by atoms with Crippen molar-refractivity contribution in [1.29, 1.82) is 0 Å². The number of nitrogens with zero attached hydrogens (tertiary/aromatic N) is 4. The van der Waals surface area contributed by atoms with E-state index in [0.717, 1.165) is 25.9 Å². The molecule has 132 valence electrons. The molecular weight excluding hydrogens is 339 g/mol. The van der Waals surface area contributed by atoms with Crippen molar-refractivity contribution >= 4 is 17.7 Å². The van der Waals surface area contributed by atoms with Gasteiger partial charge < -0.3 is 4.90 Å². The molecule has 3 rings (SSSR count). The van der Waals surface area contributed by atoms with E-state index in [9.17, 15) is 9.18 Å². The van der Waals surface area contributed by atoms with Gasteiger partial charge in [0.05, 0.1) is 11.3 Å². The molecule has 25 heavy (non-hydrogen) atoms. The summed E-state index contributed by atoms with van der Waals surface area (Å²) in [5.74, 6) is 0.532. The lowest BCUT2D eigenvalue weighted by Crippen LogP contribution is -2.36. The van der Waals surface area contributed by atoms with Gasteiger partial charge in [0.15, 0.2) is 11.0 Å². The minimum absolute atomic E-state index is 0.116. The Labute approximate surface area is 150 Å². The average Bonchev–Trinajstić information content (AvgIpc) is 3.04. The minimum Gasteiger partial charge on any atom is -0.342 e.